The molecule has 0 aliphatic heterocycles. The van der Waals surface area contributed by atoms with Gasteiger partial charge < -0.3 is 18.6 Å². The molecule has 0 aliphatic rings. The molecule has 0 fully saturated rings. The molecule has 3 aromatic rings. The van der Waals surface area contributed by atoms with Crippen LogP contribution in [0, 0.1) is 0 Å². The van der Waals surface area contributed by atoms with E-state index in [4.69, 9.17) is 14.2 Å². The molecule has 0 heterocycles. The van der Waals surface area contributed by atoms with E-state index >= 15 is 0 Å². The van der Waals surface area contributed by atoms with E-state index in [-0.39, 0.29) is 0 Å². The maximum atomic E-state index is 5.26. The van der Waals surface area contributed by atoms with Crippen LogP contribution in [-0.2, 0) is 0 Å². The molecule has 25 heavy (non-hydrogen) atoms. The van der Waals surface area contributed by atoms with Crippen molar-refractivity contribution in [3.05, 3.63) is 72.8 Å². The van der Waals surface area contributed by atoms with Gasteiger partial charge in [-0.3, -0.25) is 0 Å². The molecule has 3 rings (SSSR count). The van der Waals surface area contributed by atoms with Gasteiger partial charge in [-0.15, -0.1) is 0 Å². The van der Waals surface area contributed by atoms with Crippen molar-refractivity contribution in [1.82, 2.24) is 0 Å². The third-order valence-electron chi connectivity index (χ3n) is 3.89. The Labute approximate surface area is 147 Å². The van der Waals surface area contributed by atoms with E-state index in [9.17, 15) is 0 Å². The highest BCUT2D eigenvalue weighted by Crippen LogP contribution is 2.40. The van der Waals surface area contributed by atoms with Gasteiger partial charge in [0.15, 0.2) is 0 Å². The predicted octanol–water partition coefficient (Wildman–Crippen LogP) is 5.45. The quantitative estimate of drug-likeness (QED) is 0.560. The van der Waals surface area contributed by atoms with Crippen molar-refractivity contribution in [2.24, 2.45) is 0 Å². The molecule has 3 aromatic carbocycles. The Morgan fingerprint density at radius 3 is 0.880 bits per heavy atom. The molecule has 0 unspecified atom stereocenters. The van der Waals surface area contributed by atoms with Crippen LogP contribution in [0.5, 0.6) is 34.5 Å². The van der Waals surface area contributed by atoms with Crippen molar-refractivity contribution in [3.8, 4) is 34.5 Å². The zero-order chi connectivity index (χ0) is 17.6. The number of benzene rings is 3. The second kappa shape index (κ2) is 7.62. The number of hydrogen-bond acceptors (Lipinski definition) is 3. The topological polar surface area (TPSA) is 30.4 Å². The SMILES string of the molecule is COc1ccc([O+](c2ccc(OC)cc2)c2ccc(OC)cc2)cc1. The molecular formula is C21H21O4+. The summed E-state index contributed by atoms with van der Waals surface area (Å²) in [5.74, 6) is 5.31. The summed E-state index contributed by atoms with van der Waals surface area (Å²) in [6.07, 6.45) is 0. The van der Waals surface area contributed by atoms with Crippen molar-refractivity contribution in [2.75, 3.05) is 21.3 Å². The number of rotatable bonds is 6. The van der Waals surface area contributed by atoms with Crippen LogP contribution in [0.3, 0.4) is 0 Å². The molecule has 0 atom stereocenters. The summed E-state index contributed by atoms with van der Waals surface area (Å²) in [6, 6.07) is 23.6. The molecule has 0 N–H and O–H groups in total. The summed E-state index contributed by atoms with van der Waals surface area (Å²) in [4.78, 5) is 0. The molecule has 0 saturated carbocycles. The Morgan fingerprint density at radius 2 is 0.680 bits per heavy atom. The lowest BCUT2D eigenvalue weighted by atomic mass is 10.2. The standard InChI is InChI=1S/C21H21O4/c1-22-16-4-10-19(11-5-16)25(20-12-6-17(23-2)7-13-20)21-14-8-18(24-3)9-15-21/h4-15H,1-3H3/q+1. The first-order valence-electron chi connectivity index (χ1n) is 7.91. The monoisotopic (exact) mass is 337 g/mol. The van der Waals surface area contributed by atoms with Gasteiger partial charge in [-0.1, -0.05) is 0 Å². The molecule has 0 bridgehead atoms. The van der Waals surface area contributed by atoms with E-state index in [0.717, 1.165) is 34.5 Å². The van der Waals surface area contributed by atoms with Crippen molar-refractivity contribution in [2.45, 2.75) is 0 Å². The fourth-order valence-corrected chi connectivity index (χ4v) is 2.54. The first-order chi connectivity index (χ1) is 12.2. The fraction of sp³-hybridized carbons (Fsp3) is 0.143. The zero-order valence-electron chi connectivity index (χ0n) is 14.6. The molecule has 0 radical (unpaired) electrons. The minimum absolute atomic E-state index is 0.814. The van der Waals surface area contributed by atoms with Crippen molar-refractivity contribution >= 4 is 0 Å². The van der Waals surface area contributed by atoms with Crippen molar-refractivity contribution in [3.63, 3.8) is 0 Å². The van der Waals surface area contributed by atoms with Crippen LogP contribution in [0.2, 0.25) is 0 Å². The molecular weight excluding hydrogens is 316 g/mol. The lowest BCUT2D eigenvalue weighted by Gasteiger charge is -2.22. The fourth-order valence-electron chi connectivity index (χ4n) is 2.54. The highest BCUT2D eigenvalue weighted by molar-refractivity contribution is 5.46. The maximum absolute atomic E-state index is 5.26. The van der Waals surface area contributed by atoms with Crippen molar-refractivity contribution < 1.29 is 18.6 Å². The van der Waals surface area contributed by atoms with E-state index in [1.165, 1.54) is 0 Å². The zero-order valence-corrected chi connectivity index (χ0v) is 14.6. The molecule has 0 amide bonds. The van der Waals surface area contributed by atoms with Crippen LogP contribution in [0.25, 0.3) is 0 Å². The minimum Gasteiger partial charge on any atom is -0.499 e. The molecule has 0 aromatic heterocycles. The van der Waals surface area contributed by atoms with Gasteiger partial charge in [0.2, 0.25) is 0 Å². The lowest BCUT2D eigenvalue weighted by molar-refractivity contribution is 0.231. The summed E-state index contributed by atoms with van der Waals surface area (Å²) in [5, 5.41) is 0. The average molecular weight is 337 g/mol. The van der Waals surface area contributed by atoms with Crippen LogP contribution in [0.1, 0.15) is 0 Å². The summed E-state index contributed by atoms with van der Waals surface area (Å²) >= 11 is 0. The molecule has 0 spiro atoms. The second-order valence-electron chi connectivity index (χ2n) is 5.33. The van der Waals surface area contributed by atoms with Gasteiger partial charge in [0.25, 0.3) is 17.2 Å². The van der Waals surface area contributed by atoms with E-state index in [0.29, 0.717) is 0 Å². The summed E-state index contributed by atoms with van der Waals surface area (Å²) in [5.41, 5.74) is 0. The van der Waals surface area contributed by atoms with Gasteiger partial charge in [0.05, 0.1) is 21.3 Å². The normalized spacial score (nSPS) is 10.2. The highest BCUT2D eigenvalue weighted by Gasteiger charge is 2.20. The summed E-state index contributed by atoms with van der Waals surface area (Å²) < 4.78 is 19.0. The predicted molar refractivity (Wildman–Crippen MR) is 98.5 cm³/mol. The van der Waals surface area contributed by atoms with Crippen LogP contribution in [0.15, 0.2) is 72.8 Å². The Hall–Kier alpha value is -3.14. The van der Waals surface area contributed by atoms with Crippen LogP contribution < -0.4 is 18.6 Å². The van der Waals surface area contributed by atoms with Crippen molar-refractivity contribution in [1.29, 1.82) is 0 Å². The Kier molecular flexibility index (Phi) is 5.09. The molecule has 4 nitrogen and oxygen atoms in total. The Morgan fingerprint density at radius 1 is 0.440 bits per heavy atom. The molecule has 128 valence electrons. The van der Waals surface area contributed by atoms with E-state index in [1.54, 1.807) is 21.3 Å². The Bertz CT molecular complexity index is 680. The second-order valence-corrected chi connectivity index (χ2v) is 5.33. The molecule has 0 saturated heterocycles. The van der Waals surface area contributed by atoms with Crippen LogP contribution in [-0.4, -0.2) is 21.3 Å². The van der Waals surface area contributed by atoms with Gasteiger partial charge in [-0.05, 0) is 36.4 Å². The Balaban J connectivity index is 2.04. The van der Waals surface area contributed by atoms with Gasteiger partial charge in [0, 0.05) is 36.4 Å². The maximum Gasteiger partial charge on any atom is 0.267 e. The van der Waals surface area contributed by atoms with E-state index < -0.39 is 0 Å². The molecule has 4 heteroatoms. The number of hydrogen-bond donors (Lipinski definition) is 0. The smallest absolute Gasteiger partial charge is 0.267 e. The first kappa shape index (κ1) is 16.7. The molecule has 0 aliphatic carbocycles. The average Bonchev–Trinajstić information content (AvgIpc) is 2.70. The third kappa shape index (κ3) is 3.69. The largest absolute Gasteiger partial charge is 0.499 e. The minimum atomic E-state index is 0.814. The van der Waals surface area contributed by atoms with Gasteiger partial charge in [-0.25, -0.2) is 0 Å². The summed E-state index contributed by atoms with van der Waals surface area (Å²) in [7, 11) is 4.98. The van der Waals surface area contributed by atoms with Gasteiger partial charge >= 0.3 is 0 Å². The van der Waals surface area contributed by atoms with E-state index in [1.807, 2.05) is 72.8 Å². The van der Waals surface area contributed by atoms with Crippen LogP contribution >= 0.6 is 0 Å². The summed E-state index contributed by atoms with van der Waals surface area (Å²) in [6.45, 7) is 0. The first-order valence-corrected chi connectivity index (χ1v) is 7.91. The van der Waals surface area contributed by atoms with Gasteiger partial charge in [0.1, 0.15) is 17.2 Å². The lowest BCUT2D eigenvalue weighted by Crippen LogP contribution is -2.05. The van der Waals surface area contributed by atoms with E-state index in [2.05, 4.69) is 4.37 Å². The highest BCUT2D eigenvalue weighted by atomic mass is 16.7. The van der Waals surface area contributed by atoms with Gasteiger partial charge in [-0.2, -0.15) is 0 Å². The number of ether oxygens (including phenoxy) is 3. The number of methoxy groups -OCH3 is 3. The van der Waals surface area contributed by atoms with Crippen LogP contribution in [0.4, 0.5) is 0 Å². The third-order valence-corrected chi connectivity index (χ3v) is 3.89.